The molecule has 34 heavy (non-hydrogen) atoms. The molecule has 8 heteroatoms. The van der Waals surface area contributed by atoms with Crippen LogP contribution in [0.15, 0.2) is 53.8 Å². The highest BCUT2D eigenvalue weighted by atomic mass is 16.5. The number of methoxy groups -OCH3 is 2. The van der Waals surface area contributed by atoms with Gasteiger partial charge in [-0.2, -0.15) is 0 Å². The second-order valence-electron chi connectivity index (χ2n) is 8.43. The number of hydrogen-bond donors (Lipinski definition) is 1. The third-order valence-electron chi connectivity index (χ3n) is 6.35. The molecule has 2 heterocycles. The van der Waals surface area contributed by atoms with Crippen LogP contribution >= 0.6 is 0 Å². The van der Waals surface area contributed by atoms with Gasteiger partial charge in [-0.3, -0.25) is 14.5 Å². The van der Waals surface area contributed by atoms with E-state index >= 15 is 0 Å². The molecule has 8 nitrogen and oxygen atoms in total. The van der Waals surface area contributed by atoms with Crippen molar-refractivity contribution in [1.29, 1.82) is 0 Å². The first-order chi connectivity index (χ1) is 16.4. The van der Waals surface area contributed by atoms with Crippen LogP contribution < -0.4 is 9.47 Å². The fourth-order valence-electron chi connectivity index (χ4n) is 4.42. The molecular formula is C26H30N2O6. The van der Waals surface area contributed by atoms with Crippen molar-refractivity contribution in [1.82, 2.24) is 9.80 Å². The van der Waals surface area contributed by atoms with Gasteiger partial charge in [-0.15, -0.1) is 0 Å². The topological polar surface area (TPSA) is 88.5 Å². The van der Waals surface area contributed by atoms with Crippen LogP contribution in [0.2, 0.25) is 0 Å². The number of carbonyl (C=O) groups excluding carboxylic acids is 2. The largest absolute Gasteiger partial charge is 0.503 e. The van der Waals surface area contributed by atoms with Crippen LogP contribution in [0, 0.1) is 6.92 Å². The summed E-state index contributed by atoms with van der Waals surface area (Å²) in [5.74, 6) is -0.417. The zero-order chi connectivity index (χ0) is 24.2. The summed E-state index contributed by atoms with van der Waals surface area (Å²) in [7, 11) is 3.08. The lowest BCUT2D eigenvalue weighted by atomic mass is 9.92. The van der Waals surface area contributed by atoms with E-state index < -0.39 is 17.7 Å². The summed E-state index contributed by atoms with van der Waals surface area (Å²) in [6, 6.07) is 11.6. The number of rotatable bonds is 8. The fraction of sp³-hybridized carbons (Fsp3) is 0.385. The fourth-order valence-corrected chi connectivity index (χ4v) is 4.42. The van der Waals surface area contributed by atoms with Gasteiger partial charge >= 0.3 is 0 Å². The molecule has 180 valence electrons. The summed E-state index contributed by atoms with van der Waals surface area (Å²) in [5.41, 5.74) is 2.16. The second-order valence-corrected chi connectivity index (χ2v) is 8.43. The number of Topliss-reactive ketones (excluding diaryl/α,β-unsaturated/α-hetero) is 1. The Hall–Kier alpha value is -3.36. The van der Waals surface area contributed by atoms with Gasteiger partial charge in [-0.1, -0.05) is 35.9 Å². The van der Waals surface area contributed by atoms with E-state index in [4.69, 9.17) is 14.2 Å². The third-order valence-corrected chi connectivity index (χ3v) is 6.35. The normalized spacial score (nSPS) is 19.0. The maximum Gasteiger partial charge on any atom is 0.290 e. The van der Waals surface area contributed by atoms with Gasteiger partial charge in [0.1, 0.15) is 0 Å². The van der Waals surface area contributed by atoms with Crippen molar-refractivity contribution in [3.63, 3.8) is 0 Å². The molecule has 1 atom stereocenters. The van der Waals surface area contributed by atoms with E-state index in [-0.39, 0.29) is 11.4 Å². The molecule has 4 rings (SSSR count). The zero-order valence-corrected chi connectivity index (χ0v) is 19.7. The van der Waals surface area contributed by atoms with Crippen molar-refractivity contribution in [2.75, 3.05) is 53.6 Å². The minimum atomic E-state index is -0.748. The molecule has 1 saturated heterocycles. The van der Waals surface area contributed by atoms with E-state index in [1.165, 1.54) is 7.11 Å². The summed E-state index contributed by atoms with van der Waals surface area (Å²) in [5, 5.41) is 10.9. The maximum absolute atomic E-state index is 13.5. The Balaban J connectivity index is 1.72. The number of aliphatic hydroxyl groups is 1. The van der Waals surface area contributed by atoms with E-state index in [2.05, 4.69) is 4.90 Å². The van der Waals surface area contributed by atoms with E-state index in [0.29, 0.717) is 48.9 Å². The van der Waals surface area contributed by atoms with Crippen molar-refractivity contribution in [2.24, 2.45) is 0 Å². The average Bonchev–Trinajstić information content (AvgIpc) is 3.12. The minimum absolute atomic E-state index is 0.0723. The minimum Gasteiger partial charge on any atom is -0.503 e. The van der Waals surface area contributed by atoms with Crippen molar-refractivity contribution in [3.05, 3.63) is 70.5 Å². The maximum atomic E-state index is 13.5. The monoisotopic (exact) mass is 466 g/mol. The lowest BCUT2D eigenvalue weighted by Crippen LogP contribution is -2.43. The smallest absolute Gasteiger partial charge is 0.290 e. The number of nitrogens with zero attached hydrogens (tertiary/aromatic N) is 2. The Labute approximate surface area is 199 Å². The number of morpholine rings is 1. The molecule has 0 spiro atoms. The number of amides is 1. The molecule has 1 fully saturated rings. The SMILES string of the molecule is COc1ccc(C2C(C(=O)c3ccc(C)cc3)=C(O)C(=O)N2CCN2CCOCC2)cc1OC. The van der Waals surface area contributed by atoms with Gasteiger partial charge in [0.15, 0.2) is 23.0 Å². The molecule has 2 aromatic rings. The van der Waals surface area contributed by atoms with Gasteiger partial charge in [0.2, 0.25) is 0 Å². The number of ketones is 1. The van der Waals surface area contributed by atoms with Gasteiger partial charge in [0.05, 0.1) is 39.0 Å². The number of aryl methyl sites for hydroxylation is 1. The summed E-state index contributed by atoms with van der Waals surface area (Å²) in [6.07, 6.45) is 0. The van der Waals surface area contributed by atoms with Gasteiger partial charge in [-0.05, 0) is 24.6 Å². The zero-order valence-electron chi connectivity index (χ0n) is 19.7. The van der Waals surface area contributed by atoms with Crippen LogP contribution in [-0.4, -0.2) is 80.2 Å². The van der Waals surface area contributed by atoms with Crippen LogP contribution in [0.3, 0.4) is 0 Å². The van der Waals surface area contributed by atoms with Gasteiger partial charge < -0.3 is 24.2 Å². The van der Waals surface area contributed by atoms with Crippen LogP contribution in [0.25, 0.3) is 0 Å². The Morgan fingerprint density at radius 3 is 2.35 bits per heavy atom. The first kappa shape index (κ1) is 23.8. The quantitative estimate of drug-likeness (QED) is 0.599. The molecule has 1 N–H and O–H groups in total. The molecule has 1 unspecified atom stereocenters. The van der Waals surface area contributed by atoms with Gasteiger partial charge in [-0.25, -0.2) is 0 Å². The number of aliphatic hydroxyl groups excluding tert-OH is 1. The van der Waals surface area contributed by atoms with Crippen molar-refractivity contribution < 1.29 is 28.9 Å². The summed E-state index contributed by atoms with van der Waals surface area (Å²) in [4.78, 5) is 30.5. The molecular weight excluding hydrogens is 436 g/mol. The lowest BCUT2D eigenvalue weighted by Gasteiger charge is -2.32. The first-order valence-corrected chi connectivity index (χ1v) is 11.3. The van der Waals surface area contributed by atoms with Crippen LogP contribution in [0.1, 0.15) is 27.5 Å². The molecule has 1 amide bonds. The van der Waals surface area contributed by atoms with E-state index in [1.807, 2.05) is 19.1 Å². The Kier molecular flexibility index (Phi) is 7.19. The summed E-state index contributed by atoms with van der Waals surface area (Å²) >= 11 is 0. The molecule has 0 aliphatic carbocycles. The molecule has 2 aromatic carbocycles. The molecule has 0 saturated carbocycles. The summed E-state index contributed by atoms with van der Waals surface area (Å²) in [6.45, 7) is 5.74. The molecule has 0 radical (unpaired) electrons. The number of benzene rings is 2. The first-order valence-electron chi connectivity index (χ1n) is 11.3. The Morgan fingerprint density at radius 2 is 1.71 bits per heavy atom. The highest BCUT2D eigenvalue weighted by Gasteiger charge is 2.44. The van der Waals surface area contributed by atoms with Gasteiger partial charge in [0.25, 0.3) is 5.91 Å². The van der Waals surface area contributed by atoms with E-state index in [1.54, 1.807) is 42.3 Å². The average molecular weight is 467 g/mol. The van der Waals surface area contributed by atoms with Gasteiger partial charge in [0, 0.05) is 31.7 Å². The van der Waals surface area contributed by atoms with Crippen molar-refractivity contribution >= 4 is 11.7 Å². The molecule has 0 bridgehead atoms. The number of hydrogen-bond acceptors (Lipinski definition) is 7. The molecule has 2 aliphatic rings. The number of ether oxygens (including phenoxy) is 3. The molecule has 2 aliphatic heterocycles. The van der Waals surface area contributed by atoms with E-state index in [9.17, 15) is 14.7 Å². The Bertz CT molecular complexity index is 1090. The third kappa shape index (κ3) is 4.64. The summed E-state index contributed by atoms with van der Waals surface area (Å²) < 4.78 is 16.2. The van der Waals surface area contributed by atoms with Crippen LogP contribution in [-0.2, 0) is 9.53 Å². The standard InChI is InChI=1S/C26H30N2O6/c1-17-4-6-18(7-5-17)24(29)22-23(19-8-9-20(32-2)21(16-19)33-3)28(26(31)25(22)30)11-10-27-12-14-34-15-13-27/h4-9,16,23,30H,10-15H2,1-3H3. The van der Waals surface area contributed by atoms with E-state index in [0.717, 1.165) is 18.7 Å². The predicted octanol–water partition coefficient (Wildman–Crippen LogP) is 2.92. The predicted molar refractivity (Wildman–Crippen MR) is 126 cm³/mol. The second kappa shape index (κ2) is 10.3. The van der Waals surface area contributed by atoms with Crippen molar-refractivity contribution in [3.8, 4) is 11.5 Å². The highest BCUT2D eigenvalue weighted by molar-refractivity contribution is 6.16. The van der Waals surface area contributed by atoms with Crippen LogP contribution in [0.5, 0.6) is 11.5 Å². The Morgan fingerprint density at radius 1 is 1.03 bits per heavy atom. The molecule has 0 aromatic heterocycles. The van der Waals surface area contributed by atoms with Crippen LogP contribution in [0.4, 0.5) is 0 Å². The highest BCUT2D eigenvalue weighted by Crippen LogP contribution is 2.41. The van der Waals surface area contributed by atoms with Crippen molar-refractivity contribution in [2.45, 2.75) is 13.0 Å². The lowest BCUT2D eigenvalue weighted by molar-refractivity contribution is -0.129. The number of carbonyl (C=O) groups is 2.